The zero-order valence-electron chi connectivity index (χ0n) is 8.75. The fraction of sp³-hybridized carbons (Fsp3) is 0.727. The van der Waals surface area contributed by atoms with Crippen molar-refractivity contribution in [3.05, 3.63) is 12.7 Å². The van der Waals surface area contributed by atoms with Gasteiger partial charge < -0.3 is 0 Å². The highest BCUT2D eigenvalue weighted by atomic mass is 14.7. The van der Waals surface area contributed by atoms with Crippen LogP contribution in [0.2, 0.25) is 0 Å². The van der Waals surface area contributed by atoms with E-state index in [2.05, 4.69) is 39.3 Å². The Bertz CT molecular complexity index is 145. The van der Waals surface area contributed by atoms with E-state index in [1.807, 2.05) is 12.3 Å². The van der Waals surface area contributed by atoms with E-state index >= 15 is 0 Å². The second-order valence-corrected chi connectivity index (χ2v) is 3.92. The summed E-state index contributed by atoms with van der Waals surface area (Å²) in [5, 5.41) is 0. The van der Waals surface area contributed by atoms with Gasteiger partial charge >= 0.3 is 0 Å². The third-order valence-electron chi connectivity index (χ3n) is 1.62. The molecule has 12 heavy (non-hydrogen) atoms. The summed E-state index contributed by atoms with van der Waals surface area (Å²) in [6.45, 7) is 12.4. The zero-order valence-corrected chi connectivity index (χ0v) is 8.75. The molecule has 0 aromatic carbocycles. The molecule has 0 amide bonds. The molecule has 0 heterocycles. The van der Waals surface area contributed by atoms with E-state index < -0.39 is 0 Å². The molecule has 70 valence electrons. The summed E-state index contributed by atoms with van der Waals surface area (Å²) in [4.78, 5) is 4.35. The van der Waals surface area contributed by atoms with Crippen molar-refractivity contribution in [3.63, 3.8) is 0 Å². The molecular weight excluding hydrogens is 146 g/mol. The molecule has 0 aliphatic heterocycles. The van der Waals surface area contributed by atoms with Gasteiger partial charge in [-0.3, -0.25) is 4.99 Å². The van der Waals surface area contributed by atoms with Crippen molar-refractivity contribution in [2.45, 2.75) is 40.2 Å². The van der Waals surface area contributed by atoms with E-state index in [-0.39, 0.29) is 0 Å². The van der Waals surface area contributed by atoms with Gasteiger partial charge in [-0.25, -0.2) is 0 Å². The lowest BCUT2D eigenvalue weighted by Crippen LogP contribution is -2.04. The van der Waals surface area contributed by atoms with Gasteiger partial charge in [0.1, 0.15) is 0 Å². The van der Waals surface area contributed by atoms with Crippen LogP contribution in [0, 0.1) is 11.8 Å². The molecule has 0 spiro atoms. The van der Waals surface area contributed by atoms with Crippen LogP contribution < -0.4 is 0 Å². The molecule has 1 atom stereocenters. The monoisotopic (exact) mass is 167 g/mol. The van der Waals surface area contributed by atoms with Crippen LogP contribution in [0.25, 0.3) is 0 Å². The van der Waals surface area contributed by atoms with Crippen molar-refractivity contribution in [3.8, 4) is 0 Å². The summed E-state index contributed by atoms with van der Waals surface area (Å²) in [7, 11) is 0. The Morgan fingerprint density at radius 3 is 2.17 bits per heavy atom. The molecule has 1 heteroatoms. The highest BCUT2D eigenvalue weighted by Gasteiger charge is 2.03. The number of rotatable bonds is 5. The minimum absolute atomic E-state index is 0.402. The van der Waals surface area contributed by atoms with Gasteiger partial charge in [-0.2, -0.15) is 0 Å². The van der Waals surface area contributed by atoms with Gasteiger partial charge in [0.15, 0.2) is 0 Å². The van der Waals surface area contributed by atoms with E-state index in [0.717, 1.165) is 6.42 Å². The molecule has 0 saturated heterocycles. The van der Waals surface area contributed by atoms with Crippen LogP contribution in [0.4, 0.5) is 0 Å². The third kappa shape index (κ3) is 6.14. The van der Waals surface area contributed by atoms with E-state index in [4.69, 9.17) is 0 Å². The molecule has 0 fully saturated rings. The summed E-state index contributed by atoms with van der Waals surface area (Å²) >= 11 is 0. The molecule has 0 N–H and O–H groups in total. The van der Waals surface area contributed by atoms with Crippen molar-refractivity contribution < 1.29 is 0 Å². The fourth-order valence-electron chi connectivity index (χ4n) is 1.04. The first-order chi connectivity index (χ1) is 5.56. The summed E-state index contributed by atoms with van der Waals surface area (Å²) in [5.41, 5.74) is 0. The van der Waals surface area contributed by atoms with E-state index in [1.165, 1.54) is 0 Å². The normalized spacial score (nSPS) is 14.5. The SMILES string of the molecule is C=CC(/C=N/C(C)C)CC(C)C. The fourth-order valence-corrected chi connectivity index (χ4v) is 1.04. The predicted molar refractivity (Wildman–Crippen MR) is 56.8 cm³/mol. The average molecular weight is 167 g/mol. The number of nitrogens with zero attached hydrogens (tertiary/aromatic N) is 1. The lowest BCUT2D eigenvalue weighted by molar-refractivity contribution is 0.552. The van der Waals surface area contributed by atoms with Gasteiger partial charge in [0.2, 0.25) is 0 Å². The van der Waals surface area contributed by atoms with Gasteiger partial charge in [-0.1, -0.05) is 19.9 Å². The summed E-state index contributed by atoms with van der Waals surface area (Å²) < 4.78 is 0. The Morgan fingerprint density at radius 2 is 1.83 bits per heavy atom. The van der Waals surface area contributed by atoms with Crippen LogP contribution in [0.15, 0.2) is 17.6 Å². The summed E-state index contributed by atoms with van der Waals surface area (Å²) in [6.07, 6.45) is 5.16. The first-order valence-electron chi connectivity index (χ1n) is 4.72. The van der Waals surface area contributed by atoms with Gasteiger partial charge in [0.25, 0.3) is 0 Å². The van der Waals surface area contributed by atoms with Gasteiger partial charge in [0, 0.05) is 18.2 Å². The molecule has 0 aromatic rings. The van der Waals surface area contributed by atoms with Crippen molar-refractivity contribution >= 4 is 6.21 Å². The van der Waals surface area contributed by atoms with Crippen LogP contribution in [-0.2, 0) is 0 Å². The minimum Gasteiger partial charge on any atom is -0.294 e. The highest BCUT2D eigenvalue weighted by molar-refractivity contribution is 5.63. The van der Waals surface area contributed by atoms with E-state index in [1.54, 1.807) is 0 Å². The van der Waals surface area contributed by atoms with Crippen LogP contribution in [0.1, 0.15) is 34.1 Å². The molecule has 1 nitrogen and oxygen atoms in total. The molecule has 0 aliphatic rings. The lowest BCUT2D eigenvalue weighted by atomic mass is 9.98. The number of allylic oxidation sites excluding steroid dienone is 1. The largest absolute Gasteiger partial charge is 0.294 e. The molecule has 0 aromatic heterocycles. The highest BCUT2D eigenvalue weighted by Crippen LogP contribution is 2.10. The van der Waals surface area contributed by atoms with E-state index in [0.29, 0.717) is 17.9 Å². The van der Waals surface area contributed by atoms with Crippen molar-refractivity contribution in [2.75, 3.05) is 0 Å². The Balaban J connectivity index is 3.90. The van der Waals surface area contributed by atoms with Crippen LogP contribution in [-0.4, -0.2) is 12.3 Å². The van der Waals surface area contributed by atoms with Crippen LogP contribution in [0.5, 0.6) is 0 Å². The molecule has 0 rings (SSSR count). The van der Waals surface area contributed by atoms with Gasteiger partial charge in [-0.15, -0.1) is 6.58 Å². The number of aliphatic imine (C=N–C) groups is 1. The summed E-state index contributed by atoms with van der Waals surface area (Å²) in [6, 6.07) is 0.402. The first kappa shape index (κ1) is 11.4. The first-order valence-corrected chi connectivity index (χ1v) is 4.72. The smallest absolute Gasteiger partial charge is 0.0439 e. The zero-order chi connectivity index (χ0) is 9.56. The molecule has 0 saturated carbocycles. The second kappa shape index (κ2) is 5.99. The second-order valence-electron chi connectivity index (χ2n) is 3.92. The molecule has 0 bridgehead atoms. The summed E-state index contributed by atoms with van der Waals surface area (Å²) in [5.74, 6) is 1.17. The third-order valence-corrected chi connectivity index (χ3v) is 1.62. The number of hydrogen-bond acceptors (Lipinski definition) is 1. The molecular formula is C11H21N. The minimum atomic E-state index is 0.402. The quantitative estimate of drug-likeness (QED) is 0.440. The van der Waals surface area contributed by atoms with Crippen molar-refractivity contribution in [1.29, 1.82) is 0 Å². The van der Waals surface area contributed by atoms with Crippen molar-refractivity contribution in [2.24, 2.45) is 16.8 Å². The molecule has 0 radical (unpaired) electrons. The molecule has 1 unspecified atom stereocenters. The van der Waals surface area contributed by atoms with Crippen LogP contribution in [0.3, 0.4) is 0 Å². The molecule has 0 aliphatic carbocycles. The standard InChI is InChI=1S/C11H21N/c1-6-11(7-9(2)3)8-12-10(4)5/h6,8-11H,1,7H2,2-5H3/b12-8+. The Kier molecular flexibility index (Phi) is 5.69. The Labute approximate surface area is 76.6 Å². The maximum Gasteiger partial charge on any atom is 0.0439 e. The van der Waals surface area contributed by atoms with Crippen molar-refractivity contribution in [1.82, 2.24) is 0 Å². The maximum atomic E-state index is 4.35. The number of hydrogen-bond donors (Lipinski definition) is 0. The predicted octanol–water partition coefficient (Wildman–Crippen LogP) is 3.31. The Morgan fingerprint density at radius 1 is 1.25 bits per heavy atom. The maximum absolute atomic E-state index is 4.35. The van der Waals surface area contributed by atoms with E-state index in [9.17, 15) is 0 Å². The van der Waals surface area contributed by atoms with Gasteiger partial charge in [0.05, 0.1) is 0 Å². The topological polar surface area (TPSA) is 12.4 Å². The lowest BCUT2D eigenvalue weighted by Gasteiger charge is -2.09. The van der Waals surface area contributed by atoms with Gasteiger partial charge in [-0.05, 0) is 26.2 Å². The Hall–Kier alpha value is -0.590. The van der Waals surface area contributed by atoms with Crippen LogP contribution >= 0.6 is 0 Å². The average Bonchev–Trinajstić information content (AvgIpc) is 1.97.